The summed E-state index contributed by atoms with van der Waals surface area (Å²) < 4.78 is 1.35. The molecule has 0 spiro atoms. The smallest absolute Gasteiger partial charge is 0.287 e. The van der Waals surface area contributed by atoms with Gasteiger partial charge in [-0.3, -0.25) is 9.59 Å². The molecule has 1 aliphatic rings. The zero-order chi connectivity index (χ0) is 15.4. The molecule has 1 aromatic rings. The van der Waals surface area contributed by atoms with Gasteiger partial charge in [-0.1, -0.05) is 24.9 Å². The van der Waals surface area contributed by atoms with Gasteiger partial charge in [-0.05, 0) is 26.2 Å². The lowest BCUT2D eigenvalue weighted by atomic mass is 10.3. The first-order valence-corrected chi connectivity index (χ1v) is 7.73. The first kappa shape index (κ1) is 15.8. The lowest BCUT2D eigenvalue weighted by Gasteiger charge is -2.16. The Morgan fingerprint density at radius 3 is 2.90 bits per heavy atom. The summed E-state index contributed by atoms with van der Waals surface area (Å²) in [5.74, 6) is -0.0938. The number of nitrogens with zero attached hydrogens (tertiary/aromatic N) is 2. The number of carbonyl (C=O) groups excluding carboxylic acids is 1. The molecule has 1 heterocycles. The zero-order valence-electron chi connectivity index (χ0n) is 12.4. The fourth-order valence-electron chi connectivity index (χ4n) is 1.89. The molecule has 1 amide bonds. The maximum atomic E-state index is 12.1. The highest BCUT2D eigenvalue weighted by Crippen LogP contribution is 2.20. The molecule has 116 valence electrons. The summed E-state index contributed by atoms with van der Waals surface area (Å²) in [6.07, 6.45) is 5.42. The van der Waals surface area contributed by atoms with Crippen molar-refractivity contribution in [2.24, 2.45) is 0 Å². The first-order valence-electron chi connectivity index (χ1n) is 7.35. The van der Waals surface area contributed by atoms with E-state index in [9.17, 15) is 9.59 Å². The minimum absolute atomic E-state index is 0.0761. The summed E-state index contributed by atoms with van der Waals surface area (Å²) in [7, 11) is 0. The van der Waals surface area contributed by atoms with Crippen LogP contribution in [0.1, 0.15) is 39.5 Å². The summed E-state index contributed by atoms with van der Waals surface area (Å²) in [4.78, 5) is 23.9. The van der Waals surface area contributed by atoms with E-state index >= 15 is 0 Å². The van der Waals surface area contributed by atoms with Gasteiger partial charge in [0.15, 0.2) is 0 Å². The van der Waals surface area contributed by atoms with E-state index in [0.29, 0.717) is 18.3 Å². The summed E-state index contributed by atoms with van der Waals surface area (Å²) in [5, 5.41) is 10.0. The van der Waals surface area contributed by atoms with E-state index in [1.165, 1.54) is 10.9 Å². The predicted molar refractivity (Wildman–Crippen MR) is 82.7 cm³/mol. The molecule has 2 N–H and O–H groups in total. The van der Waals surface area contributed by atoms with Crippen LogP contribution in [0.15, 0.2) is 11.0 Å². The van der Waals surface area contributed by atoms with E-state index in [2.05, 4.69) is 15.7 Å². The molecule has 0 saturated heterocycles. The van der Waals surface area contributed by atoms with Crippen molar-refractivity contribution in [3.63, 3.8) is 0 Å². The van der Waals surface area contributed by atoms with E-state index in [-0.39, 0.29) is 16.5 Å². The normalized spacial score (nSPS) is 15.6. The van der Waals surface area contributed by atoms with Crippen molar-refractivity contribution in [3.05, 3.63) is 21.6 Å². The van der Waals surface area contributed by atoms with Gasteiger partial charge in [-0.25, -0.2) is 4.68 Å². The third-order valence-corrected chi connectivity index (χ3v) is 3.76. The average molecular weight is 313 g/mol. The number of unbranched alkanes of at least 4 members (excludes halogenated alkanes) is 1. The van der Waals surface area contributed by atoms with E-state index in [0.717, 1.165) is 25.7 Å². The average Bonchev–Trinajstić information content (AvgIpc) is 3.27. The van der Waals surface area contributed by atoms with Gasteiger partial charge < -0.3 is 10.6 Å². The number of hydrogen-bond donors (Lipinski definition) is 2. The third kappa shape index (κ3) is 4.20. The molecule has 1 aromatic heterocycles. The molecule has 2 rings (SSSR count). The lowest BCUT2D eigenvalue weighted by Crippen LogP contribution is -2.39. The van der Waals surface area contributed by atoms with Gasteiger partial charge in [-0.2, -0.15) is 5.10 Å². The predicted octanol–water partition coefficient (Wildman–Crippen LogP) is 1.78. The fourth-order valence-corrected chi connectivity index (χ4v) is 2.09. The molecule has 7 heteroatoms. The van der Waals surface area contributed by atoms with Crippen molar-refractivity contribution < 1.29 is 4.79 Å². The summed E-state index contributed by atoms with van der Waals surface area (Å²) in [5.41, 5.74) is 0.0674. The Balaban J connectivity index is 2.04. The Labute approximate surface area is 128 Å². The van der Waals surface area contributed by atoms with Crippen molar-refractivity contribution in [2.45, 2.75) is 58.2 Å². The van der Waals surface area contributed by atoms with E-state index in [4.69, 9.17) is 11.6 Å². The molecule has 0 aliphatic heterocycles. The van der Waals surface area contributed by atoms with Crippen LogP contribution in [0.5, 0.6) is 0 Å². The monoisotopic (exact) mass is 312 g/mol. The molecule has 1 atom stereocenters. The number of rotatable bonds is 7. The van der Waals surface area contributed by atoms with Crippen LogP contribution < -0.4 is 16.2 Å². The van der Waals surface area contributed by atoms with Gasteiger partial charge in [0.1, 0.15) is 11.1 Å². The highest BCUT2D eigenvalue weighted by atomic mass is 35.5. The van der Waals surface area contributed by atoms with Crippen molar-refractivity contribution in [1.82, 2.24) is 15.1 Å². The van der Waals surface area contributed by atoms with Crippen LogP contribution in [0.3, 0.4) is 0 Å². The molecule has 0 aromatic carbocycles. The molecule has 21 heavy (non-hydrogen) atoms. The number of halogens is 1. The Morgan fingerprint density at radius 2 is 2.29 bits per heavy atom. The topological polar surface area (TPSA) is 76.0 Å². The molecule has 1 saturated carbocycles. The van der Waals surface area contributed by atoms with Gasteiger partial charge in [0, 0.05) is 12.6 Å². The van der Waals surface area contributed by atoms with Crippen LogP contribution in [0.25, 0.3) is 0 Å². The highest BCUT2D eigenvalue weighted by molar-refractivity contribution is 6.33. The number of nitrogens with one attached hydrogen (secondary N) is 2. The van der Waals surface area contributed by atoms with Gasteiger partial charge >= 0.3 is 0 Å². The third-order valence-electron chi connectivity index (χ3n) is 3.40. The molecule has 1 aliphatic carbocycles. The molecular formula is C14H21ClN4O2. The first-order chi connectivity index (χ1) is 10.0. The summed E-state index contributed by atoms with van der Waals surface area (Å²) in [6, 6.07) is -0.159. The maximum Gasteiger partial charge on any atom is 0.287 e. The molecular weight excluding hydrogens is 292 g/mol. The number of anilines is 1. The number of aryl methyl sites for hydroxylation is 1. The molecule has 1 unspecified atom stereocenters. The minimum Gasteiger partial charge on any atom is -0.371 e. The SMILES string of the molecule is CCCCn1ncc(NC(C)C(=O)NC2CC2)c(Cl)c1=O. The van der Waals surface area contributed by atoms with Gasteiger partial charge in [-0.15, -0.1) is 0 Å². The van der Waals surface area contributed by atoms with Crippen molar-refractivity contribution >= 4 is 23.2 Å². The van der Waals surface area contributed by atoms with Crippen LogP contribution >= 0.6 is 11.6 Å². The number of carbonyl (C=O) groups is 1. The van der Waals surface area contributed by atoms with Crippen LogP contribution in [0.2, 0.25) is 5.02 Å². The van der Waals surface area contributed by atoms with Crippen LogP contribution in [-0.4, -0.2) is 27.8 Å². The molecule has 0 bridgehead atoms. The second-order valence-corrected chi connectivity index (χ2v) is 5.78. The lowest BCUT2D eigenvalue weighted by molar-refractivity contribution is -0.121. The standard InChI is InChI=1S/C14H21ClN4O2/c1-3-4-7-19-14(21)12(15)11(8-16-19)17-9(2)13(20)18-10-5-6-10/h8-10,17H,3-7H2,1-2H3,(H,18,20). The van der Waals surface area contributed by atoms with Crippen molar-refractivity contribution in [1.29, 1.82) is 0 Å². The number of hydrogen-bond acceptors (Lipinski definition) is 4. The van der Waals surface area contributed by atoms with E-state index in [1.807, 2.05) is 6.92 Å². The summed E-state index contributed by atoms with van der Waals surface area (Å²) in [6.45, 7) is 4.33. The second kappa shape index (κ2) is 6.93. The van der Waals surface area contributed by atoms with Crippen molar-refractivity contribution in [3.8, 4) is 0 Å². The number of aromatic nitrogens is 2. The molecule has 6 nitrogen and oxygen atoms in total. The highest BCUT2D eigenvalue weighted by Gasteiger charge is 2.26. The van der Waals surface area contributed by atoms with Crippen LogP contribution in [-0.2, 0) is 11.3 Å². The zero-order valence-corrected chi connectivity index (χ0v) is 13.1. The largest absolute Gasteiger partial charge is 0.371 e. The Hall–Kier alpha value is -1.56. The Morgan fingerprint density at radius 1 is 1.57 bits per heavy atom. The number of amides is 1. The second-order valence-electron chi connectivity index (χ2n) is 5.40. The molecule has 0 radical (unpaired) electrons. The van der Waals surface area contributed by atoms with Crippen LogP contribution in [0, 0.1) is 0 Å². The maximum absolute atomic E-state index is 12.1. The Bertz CT molecular complexity index is 569. The fraction of sp³-hybridized carbons (Fsp3) is 0.643. The van der Waals surface area contributed by atoms with Gasteiger partial charge in [0.25, 0.3) is 5.56 Å². The van der Waals surface area contributed by atoms with Gasteiger partial charge in [0.05, 0.1) is 11.9 Å². The Kier molecular flexibility index (Phi) is 5.22. The molecule has 1 fully saturated rings. The van der Waals surface area contributed by atoms with E-state index in [1.54, 1.807) is 6.92 Å². The van der Waals surface area contributed by atoms with Crippen LogP contribution in [0.4, 0.5) is 5.69 Å². The van der Waals surface area contributed by atoms with E-state index < -0.39 is 6.04 Å². The van der Waals surface area contributed by atoms with Gasteiger partial charge in [0.2, 0.25) is 5.91 Å². The minimum atomic E-state index is -0.462. The van der Waals surface area contributed by atoms with Crippen molar-refractivity contribution in [2.75, 3.05) is 5.32 Å². The quantitative estimate of drug-likeness (QED) is 0.804. The summed E-state index contributed by atoms with van der Waals surface area (Å²) >= 11 is 6.08.